The second-order valence-electron chi connectivity index (χ2n) is 22.1. The molecule has 81 heavy (non-hydrogen) atoms. The fourth-order valence-corrected chi connectivity index (χ4v) is 12.3. The highest BCUT2D eigenvalue weighted by atomic mass is 35.5. The monoisotopic (exact) mass is 1200 g/mol. The molecule has 4 heterocycles. The maximum absolute atomic E-state index is 13.6. The van der Waals surface area contributed by atoms with Crippen LogP contribution in [0.15, 0.2) is 97.1 Å². The molecule has 0 amide bonds. The van der Waals surface area contributed by atoms with Crippen molar-refractivity contribution in [3.63, 3.8) is 0 Å². The van der Waals surface area contributed by atoms with Gasteiger partial charge in [-0.05, 0) is 171 Å². The van der Waals surface area contributed by atoms with Gasteiger partial charge in [-0.25, -0.2) is 17.6 Å². The molecule has 2 saturated heterocycles. The minimum Gasteiger partial charge on any atom is -0.507 e. The van der Waals surface area contributed by atoms with Crippen molar-refractivity contribution in [2.75, 3.05) is 65.4 Å². The predicted molar refractivity (Wildman–Crippen MR) is 326 cm³/mol. The lowest BCUT2D eigenvalue weighted by molar-refractivity contribution is 0.0592. The molecule has 0 saturated carbocycles. The lowest BCUT2D eigenvalue weighted by atomic mass is 9.88. The van der Waals surface area contributed by atoms with Gasteiger partial charge in [-0.2, -0.15) is 0 Å². The Balaban J connectivity index is 0.000000328. The molecule has 6 aromatic rings. The fourth-order valence-electron chi connectivity index (χ4n) is 12.3. The summed E-state index contributed by atoms with van der Waals surface area (Å²) in [6.45, 7) is 25.6. The van der Waals surface area contributed by atoms with Crippen molar-refractivity contribution < 1.29 is 42.7 Å². The number of nitrogens with zero attached hydrogens (tertiary/aromatic N) is 4. The second kappa shape index (κ2) is 30.1. The van der Waals surface area contributed by atoms with E-state index in [9.17, 15) is 27.8 Å². The van der Waals surface area contributed by atoms with Gasteiger partial charge in [0.05, 0.1) is 12.1 Å². The van der Waals surface area contributed by atoms with Gasteiger partial charge in [-0.15, -0.1) is 49.6 Å². The highest BCUT2D eigenvalue weighted by molar-refractivity contribution is 5.86. The van der Waals surface area contributed by atoms with Crippen LogP contribution < -0.4 is 9.47 Å². The Morgan fingerprint density at radius 1 is 0.420 bits per heavy atom. The van der Waals surface area contributed by atoms with E-state index in [1.807, 2.05) is 90.1 Å². The minimum absolute atomic E-state index is 0. The molecule has 4 unspecified atom stereocenters. The van der Waals surface area contributed by atoms with Crippen molar-refractivity contribution in [2.24, 2.45) is 11.8 Å². The molecule has 4 aliphatic heterocycles. The summed E-state index contributed by atoms with van der Waals surface area (Å²) in [6, 6.07) is 26.6. The highest BCUT2D eigenvalue weighted by Crippen LogP contribution is 2.44. The van der Waals surface area contributed by atoms with Crippen molar-refractivity contribution in [3.8, 4) is 23.0 Å². The summed E-state index contributed by atoms with van der Waals surface area (Å²) in [5.74, 6) is 2.44. The third-order valence-corrected chi connectivity index (χ3v) is 17.2. The number of hydrogen-bond donors (Lipinski definition) is 2. The number of rotatable bonds is 12. The summed E-state index contributed by atoms with van der Waals surface area (Å²) in [4.78, 5) is 9.84. The number of benzene rings is 6. The molecule has 2 fully saturated rings. The van der Waals surface area contributed by atoms with Crippen LogP contribution >= 0.6 is 49.6 Å². The van der Waals surface area contributed by atoms with Gasteiger partial charge < -0.3 is 35.0 Å². The maximum Gasteiger partial charge on any atom is 0.126 e. The van der Waals surface area contributed by atoms with Crippen molar-refractivity contribution in [2.45, 2.75) is 105 Å². The molecule has 4 atom stereocenters. The molecule has 17 heteroatoms. The summed E-state index contributed by atoms with van der Waals surface area (Å²) in [7, 11) is 0. The summed E-state index contributed by atoms with van der Waals surface area (Å²) in [5, 5.41) is 20.9. The van der Waals surface area contributed by atoms with Crippen LogP contribution in [0.5, 0.6) is 23.0 Å². The standard InChI is InChI=1S/2C32H38F2N2O2.4ClH.H2O/c2*1-20(29-14-13-28-23(4)31(37)21(2)22(3)32(28)38-29)19-35-15-17-36(18-16-35)30(24-5-9-26(33)10-6-24)25-7-11-27(34)12-8-25;;;;;/h2*5-12,20,29-30,37H,13-19H2,1-4H3;4*1H;1H2. The maximum atomic E-state index is 13.6. The molecule has 0 aromatic heterocycles. The molecule has 6 aromatic carbocycles. The van der Waals surface area contributed by atoms with E-state index < -0.39 is 0 Å². The van der Waals surface area contributed by atoms with Crippen molar-refractivity contribution in [1.29, 1.82) is 0 Å². The number of phenols is 2. The summed E-state index contributed by atoms with van der Waals surface area (Å²) >= 11 is 0. The van der Waals surface area contributed by atoms with Crippen LogP contribution in [-0.4, -0.2) is 113 Å². The van der Waals surface area contributed by atoms with Gasteiger partial charge >= 0.3 is 0 Å². The Labute approximate surface area is 502 Å². The molecule has 0 aliphatic carbocycles. The molecule has 0 bridgehead atoms. The van der Waals surface area contributed by atoms with E-state index >= 15 is 0 Å². The number of hydrogen-bond acceptors (Lipinski definition) is 8. The Bertz CT molecular complexity index is 2670. The molecule has 10 rings (SSSR count). The third kappa shape index (κ3) is 15.5. The van der Waals surface area contributed by atoms with E-state index in [4.69, 9.17) is 9.47 Å². The van der Waals surface area contributed by atoms with E-state index in [0.29, 0.717) is 23.3 Å². The average molecular weight is 1210 g/mol. The highest BCUT2D eigenvalue weighted by Gasteiger charge is 2.35. The van der Waals surface area contributed by atoms with Crippen molar-refractivity contribution >= 4 is 49.6 Å². The summed E-state index contributed by atoms with van der Waals surface area (Å²) < 4.78 is 67.7. The van der Waals surface area contributed by atoms with Crippen LogP contribution in [0.4, 0.5) is 17.6 Å². The number of halogens is 8. The number of phenolic OH excluding ortho intramolecular Hbond substituents is 2. The predicted octanol–water partition coefficient (Wildman–Crippen LogP) is 13.5. The zero-order valence-corrected chi connectivity index (χ0v) is 51.0. The fraction of sp³-hybridized carbons (Fsp3) is 0.438. The van der Waals surface area contributed by atoms with E-state index in [-0.39, 0.29) is 103 Å². The first kappa shape index (κ1) is 68.7. The summed E-state index contributed by atoms with van der Waals surface area (Å²) in [6.07, 6.45) is 4.05. The molecule has 444 valence electrons. The van der Waals surface area contributed by atoms with E-state index in [1.54, 1.807) is 0 Å². The molecule has 4 N–H and O–H groups in total. The van der Waals surface area contributed by atoms with Gasteiger partial charge in [-0.3, -0.25) is 9.80 Å². The van der Waals surface area contributed by atoms with Gasteiger partial charge in [0, 0.05) is 88.4 Å². The zero-order chi connectivity index (χ0) is 53.9. The number of fused-ring (bicyclic) bond motifs is 2. The first-order valence-electron chi connectivity index (χ1n) is 27.4. The van der Waals surface area contributed by atoms with Gasteiger partial charge in [0.2, 0.25) is 0 Å². The Morgan fingerprint density at radius 3 is 0.938 bits per heavy atom. The third-order valence-electron chi connectivity index (χ3n) is 17.2. The largest absolute Gasteiger partial charge is 0.507 e. The van der Waals surface area contributed by atoms with E-state index in [1.165, 1.54) is 48.5 Å². The van der Waals surface area contributed by atoms with E-state index in [0.717, 1.165) is 169 Å². The summed E-state index contributed by atoms with van der Waals surface area (Å²) in [5.41, 5.74) is 12.1. The second-order valence-corrected chi connectivity index (χ2v) is 22.1. The lowest BCUT2D eigenvalue weighted by Gasteiger charge is -2.41. The Hall–Kier alpha value is -4.80. The van der Waals surface area contributed by atoms with Crippen LogP contribution in [0.25, 0.3) is 0 Å². The number of ether oxygens (including phenoxy) is 2. The normalized spacial score (nSPS) is 18.1. The van der Waals surface area contributed by atoms with Gasteiger partial charge in [0.1, 0.15) is 58.5 Å². The zero-order valence-electron chi connectivity index (χ0n) is 47.7. The van der Waals surface area contributed by atoms with Gasteiger partial charge in [0.15, 0.2) is 0 Å². The van der Waals surface area contributed by atoms with Crippen molar-refractivity contribution in [3.05, 3.63) is 187 Å². The van der Waals surface area contributed by atoms with Crippen molar-refractivity contribution in [1.82, 2.24) is 19.6 Å². The Kier molecular flexibility index (Phi) is 25.6. The topological polar surface area (TPSA) is 103 Å². The molecular formula is C64H82Cl4F4N4O5. The minimum atomic E-state index is -0.254. The van der Waals surface area contributed by atoms with Crippen LogP contribution in [0, 0.1) is 76.6 Å². The lowest BCUT2D eigenvalue weighted by Crippen LogP contribution is -2.50. The molecular weight excluding hydrogens is 1120 g/mol. The SMILES string of the molecule is Cc1c(C)c2c(c(C)c1O)CCC(C(C)CN1CCN(C(c3ccc(F)cc3)c3ccc(F)cc3)CC1)O2.Cc1c(C)c2c(c(C)c1O)CCC(C(C)CN1CCN(C(c3ccc(F)cc3)c3ccc(F)cc3)CC1)O2.Cl.Cl.Cl.Cl.O. The quantitative estimate of drug-likeness (QED) is 0.117. The van der Waals surface area contributed by atoms with Crippen LogP contribution in [0.1, 0.15) is 106 Å². The first-order chi connectivity index (χ1) is 36.4. The molecule has 4 aliphatic rings. The molecule has 9 nitrogen and oxygen atoms in total. The van der Waals surface area contributed by atoms with Gasteiger partial charge in [-0.1, -0.05) is 62.4 Å². The first-order valence-corrected chi connectivity index (χ1v) is 27.4. The Morgan fingerprint density at radius 2 is 0.679 bits per heavy atom. The molecule has 0 radical (unpaired) electrons. The van der Waals surface area contributed by atoms with E-state index in [2.05, 4.69) is 33.4 Å². The van der Waals surface area contributed by atoms with Crippen LogP contribution in [0.2, 0.25) is 0 Å². The number of aromatic hydroxyl groups is 2. The van der Waals surface area contributed by atoms with Gasteiger partial charge in [0.25, 0.3) is 0 Å². The van der Waals surface area contributed by atoms with Crippen LogP contribution in [0.3, 0.4) is 0 Å². The molecule has 0 spiro atoms. The van der Waals surface area contributed by atoms with Crippen LogP contribution in [-0.2, 0) is 12.8 Å². The number of piperazine rings is 2. The smallest absolute Gasteiger partial charge is 0.126 e. The average Bonchev–Trinajstić information content (AvgIpc) is 3.43.